The molecule has 16 heavy (non-hydrogen) atoms. The van der Waals surface area contributed by atoms with E-state index in [1.165, 1.54) is 0 Å². The Morgan fingerprint density at radius 2 is 2.38 bits per heavy atom. The van der Waals surface area contributed by atoms with Crippen molar-refractivity contribution in [1.82, 2.24) is 0 Å². The lowest BCUT2D eigenvalue weighted by Crippen LogP contribution is -2.04. The molecule has 1 N–H and O–H groups in total. The van der Waals surface area contributed by atoms with Gasteiger partial charge < -0.3 is 10.1 Å². The summed E-state index contributed by atoms with van der Waals surface area (Å²) < 4.78 is 5.19. The van der Waals surface area contributed by atoms with E-state index >= 15 is 0 Å². The topological polar surface area (TPSA) is 64.4 Å². The molecule has 0 amide bonds. The van der Waals surface area contributed by atoms with Gasteiger partial charge in [-0.2, -0.15) is 0 Å². The summed E-state index contributed by atoms with van der Waals surface area (Å²) in [6.45, 7) is 2.38. The maximum absolute atomic E-state index is 10.9. The molecule has 0 aliphatic rings. The van der Waals surface area contributed by atoms with E-state index in [1.54, 1.807) is 25.1 Å². The van der Waals surface area contributed by atoms with Crippen LogP contribution >= 0.6 is 0 Å². The van der Waals surface area contributed by atoms with Crippen LogP contribution < -0.4 is 10.1 Å². The van der Waals surface area contributed by atoms with Crippen molar-refractivity contribution in [3.05, 3.63) is 28.3 Å². The van der Waals surface area contributed by atoms with Gasteiger partial charge in [-0.1, -0.05) is 12.0 Å². The first-order chi connectivity index (χ1) is 7.70. The minimum Gasteiger partial charge on any atom is -0.487 e. The second-order valence-electron chi connectivity index (χ2n) is 2.90. The van der Waals surface area contributed by atoms with Gasteiger partial charge in [-0.05, 0) is 19.1 Å². The second-order valence-corrected chi connectivity index (χ2v) is 2.90. The van der Waals surface area contributed by atoms with Crippen molar-refractivity contribution < 1.29 is 9.66 Å². The zero-order chi connectivity index (χ0) is 12.0. The third kappa shape index (κ3) is 2.64. The van der Waals surface area contributed by atoms with Gasteiger partial charge in [-0.25, -0.2) is 0 Å². The van der Waals surface area contributed by atoms with Crippen molar-refractivity contribution in [1.29, 1.82) is 0 Å². The molecule has 1 aromatic rings. The maximum Gasteiger partial charge on any atom is 0.333 e. The van der Waals surface area contributed by atoms with Crippen LogP contribution in [0.15, 0.2) is 18.2 Å². The highest BCUT2D eigenvalue weighted by molar-refractivity contribution is 5.68. The van der Waals surface area contributed by atoms with E-state index in [2.05, 4.69) is 11.2 Å². The molecule has 0 aliphatic carbocycles. The Bertz CT molecular complexity index is 424. The van der Waals surface area contributed by atoms with Gasteiger partial charge in [-0.3, -0.25) is 10.1 Å². The van der Waals surface area contributed by atoms with E-state index in [4.69, 9.17) is 11.2 Å². The first-order valence-electron chi connectivity index (χ1n) is 4.78. The number of terminal acetylenes is 1. The van der Waals surface area contributed by atoms with Crippen LogP contribution in [0.4, 0.5) is 11.4 Å². The summed E-state index contributed by atoms with van der Waals surface area (Å²) in [7, 11) is 0. The zero-order valence-corrected chi connectivity index (χ0v) is 8.90. The summed E-state index contributed by atoms with van der Waals surface area (Å²) >= 11 is 0. The van der Waals surface area contributed by atoms with E-state index in [1.807, 2.05) is 0 Å². The highest BCUT2D eigenvalue weighted by atomic mass is 16.6. The molecule has 0 heterocycles. The quantitative estimate of drug-likeness (QED) is 0.468. The van der Waals surface area contributed by atoms with Crippen LogP contribution in [-0.2, 0) is 0 Å². The summed E-state index contributed by atoms with van der Waals surface area (Å²) in [5.74, 6) is 2.60. The Morgan fingerprint density at radius 1 is 1.62 bits per heavy atom. The molecule has 5 nitrogen and oxygen atoms in total. The van der Waals surface area contributed by atoms with Crippen LogP contribution in [0, 0.1) is 22.5 Å². The monoisotopic (exact) mass is 220 g/mol. The minimum atomic E-state index is -0.482. The number of nitro groups is 1. The lowest BCUT2D eigenvalue weighted by molar-refractivity contribution is -0.384. The van der Waals surface area contributed by atoms with E-state index < -0.39 is 4.92 Å². The Morgan fingerprint density at radius 3 is 2.94 bits per heavy atom. The Labute approximate surface area is 93.6 Å². The summed E-state index contributed by atoms with van der Waals surface area (Å²) in [4.78, 5) is 10.4. The number of anilines is 1. The summed E-state index contributed by atoms with van der Waals surface area (Å²) in [5.41, 5.74) is 0.286. The van der Waals surface area contributed by atoms with Crippen molar-refractivity contribution in [3.63, 3.8) is 0 Å². The average Bonchev–Trinajstić information content (AvgIpc) is 2.26. The number of nitrogens with zero attached hydrogens (tertiary/aromatic N) is 1. The maximum atomic E-state index is 10.9. The summed E-state index contributed by atoms with van der Waals surface area (Å²) in [6, 6.07) is 4.83. The number of nitro benzene ring substituents is 1. The molecule has 0 unspecified atom stereocenters. The van der Waals surface area contributed by atoms with Gasteiger partial charge in [0.05, 0.1) is 18.1 Å². The highest BCUT2D eigenvalue weighted by Gasteiger charge is 2.20. The number of benzene rings is 1. The van der Waals surface area contributed by atoms with Gasteiger partial charge in [0.2, 0.25) is 0 Å². The first kappa shape index (κ1) is 11.9. The first-order valence-corrected chi connectivity index (χ1v) is 4.78. The predicted molar refractivity (Wildman–Crippen MR) is 61.6 cm³/mol. The van der Waals surface area contributed by atoms with Gasteiger partial charge in [-0.15, -0.1) is 6.42 Å². The lowest BCUT2D eigenvalue weighted by atomic mass is 10.2. The number of ether oxygens (including phenoxy) is 1. The second kappa shape index (κ2) is 5.61. The molecule has 1 aromatic carbocycles. The van der Waals surface area contributed by atoms with Gasteiger partial charge in [0.1, 0.15) is 5.69 Å². The fourth-order valence-electron chi connectivity index (χ4n) is 1.27. The number of hydrogen-bond donors (Lipinski definition) is 1. The van der Waals surface area contributed by atoms with Crippen LogP contribution in [-0.4, -0.2) is 18.1 Å². The molecule has 0 spiro atoms. The highest BCUT2D eigenvalue weighted by Crippen LogP contribution is 2.34. The Balaban J connectivity index is 3.11. The van der Waals surface area contributed by atoms with Crippen LogP contribution in [0.2, 0.25) is 0 Å². The SMILES string of the molecule is C#CCNc1cccc(OCC)c1[N+](=O)[O-]. The minimum absolute atomic E-state index is 0.0837. The largest absolute Gasteiger partial charge is 0.487 e. The molecule has 1 rings (SSSR count). The number of rotatable bonds is 5. The van der Waals surface area contributed by atoms with E-state index in [0.717, 1.165) is 0 Å². The number of hydrogen-bond acceptors (Lipinski definition) is 4. The van der Waals surface area contributed by atoms with E-state index in [-0.39, 0.29) is 18.0 Å². The van der Waals surface area contributed by atoms with Crippen LogP contribution in [0.3, 0.4) is 0 Å². The van der Waals surface area contributed by atoms with Crippen molar-refractivity contribution in [2.75, 3.05) is 18.5 Å². The fourth-order valence-corrected chi connectivity index (χ4v) is 1.27. The third-order valence-corrected chi connectivity index (χ3v) is 1.86. The molecule has 0 fully saturated rings. The molecule has 0 atom stereocenters. The molecular formula is C11H12N2O3. The Hall–Kier alpha value is -2.22. The normalized spacial score (nSPS) is 9.25. The standard InChI is InChI=1S/C11H12N2O3/c1-3-8-12-9-6-5-7-10(16-4-2)11(9)13(14)15/h1,5-7,12H,4,8H2,2H3. The molecule has 0 radical (unpaired) electrons. The predicted octanol–water partition coefficient (Wildman–Crippen LogP) is 2.04. The van der Waals surface area contributed by atoms with Gasteiger partial charge in [0.15, 0.2) is 5.75 Å². The van der Waals surface area contributed by atoms with Crippen molar-refractivity contribution in [2.24, 2.45) is 0 Å². The van der Waals surface area contributed by atoms with Gasteiger partial charge in [0, 0.05) is 0 Å². The lowest BCUT2D eigenvalue weighted by Gasteiger charge is -2.08. The third-order valence-electron chi connectivity index (χ3n) is 1.86. The number of para-hydroxylation sites is 1. The van der Waals surface area contributed by atoms with Gasteiger partial charge >= 0.3 is 5.69 Å². The Kier molecular flexibility index (Phi) is 4.16. The van der Waals surface area contributed by atoms with E-state index in [9.17, 15) is 10.1 Å². The van der Waals surface area contributed by atoms with Crippen LogP contribution in [0.1, 0.15) is 6.92 Å². The molecular weight excluding hydrogens is 208 g/mol. The number of nitrogens with one attached hydrogen (secondary N) is 1. The van der Waals surface area contributed by atoms with E-state index in [0.29, 0.717) is 12.3 Å². The van der Waals surface area contributed by atoms with Crippen LogP contribution in [0.25, 0.3) is 0 Å². The van der Waals surface area contributed by atoms with Crippen molar-refractivity contribution >= 4 is 11.4 Å². The van der Waals surface area contributed by atoms with Gasteiger partial charge in [0.25, 0.3) is 0 Å². The summed E-state index contributed by atoms with van der Waals surface area (Å²) in [5, 5.41) is 13.7. The van der Waals surface area contributed by atoms with Crippen molar-refractivity contribution in [3.8, 4) is 18.1 Å². The molecule has 5 heteroatoms. The fraction of sp³-hybridized carbons (Fsp3) is 0.273. The molecule has 0 aliphatic heterocycles. The van der Waals surface area contributed by atoms with Crippen LogP contribution in [0.5, 0.6) is 5.75 Å². The van der Waals surface area contributed by atoms with Crippen molar-refractivity contribution in [2.45, 2.75) is 6.92 Å². The summed E-state index contributed by atoms with van der Waals surface area (Å²) in [6.07, 6.45) is 5.09. The molecule has 0 bridgehead atoms. The zero-order valence-electron chi connectivity index (χ0n) is 8.90. The molecule has 0 aromatic heterocycles. The average molecular weight is 220 g/mol. The molecule has 0 saturated carbocycles. The smallest absolute Gasteiger partial charge is 0.333 e. The molecule has 0 saturated heterocycles. The molecule has 84 valence electrons.